The molecule has 1 aromatic heterocycles. The molecule has 0 aliphatic rings. The Morgan fingerprint density at radius 1 is 1.15 bits per heavy atom. The fourth-order valence-corrected chi connectivity index (χ4v) is 2.28. The van der Waals surface area contributed by atoms with Gasteiger partial charge in [0.25, 0.3) is 0 Å². The minimum Gasteiger partial charge on any atom is -0.422 e. The minimum atomic E-state index is 0.0188. The number of nitrogens with zero attached hydrogens (tertiary/aromatic N) is 3. The fourth-order valence-electron chi connectivity index (χ4n) is 1.30. The molecule has 0 aliphatic heterocycles. The number of ether oxygens (including phenoxy) is 1. The lowest BCUT2D eigenvalue weighted by Crippen LogP contribution is -2.04. The van der Waals surface area contributed by atoms with Crippen LogP contribution in [0.25, 0.3) is 0 Å². The summed E-state index contributed by atoms with van der Waals surface area (Å²) < 4.78 is 6.15. The van der Waals surface area contributed by atoms with Crippen LogP contribution < -0.4 is 10.1 Å². The molecule has 0 radical (unpaired) electrons. The SMILES string of the molecule is CCNc1nc(Cl)nc(Oc2cc(Cl)c(Br)cc2Cl)n1. The first-order valence-corrected chi connectivity index (χ1v) is 7.40. The Morgan fingerprint density at radius 2 is 1.90 bits per heavy atom. The molecular weight excluding hydrogens is 390 g/mol. The highest BCUT2D eigenvalue weighted by atomic mass is 79.9. The number of hydrogen-bond acceptors (Lipinski definition) is 5. The number of rotatable bonds is 4. The second-order valence-corrected chi connectivity index (χ2v) is 5.55. The van der Waals surface area contributed by atoms with Crippen LogP contribution in [0, 0.1) is 0 Å². The highest BCUT2D eigenvalue weighted by Crippen LogP contribution is 2.35. The van der Waals surface area contributed by atoms with E-state index in [1.54, 1.807) is 12.1 Å². The number of anilines is 1. The second-order valence-electron chi connectivity index (χ2n) is 3.54. The summed E-state index contributed by atoms with van der Waals surface area (Å²) in [4.78, 5) is 11.8. The van der Waals surface area contributed by atoms with Gasteiger partial charge in [0.05, 0.1) is 10.0 Å². The molecular formula is C11H8BrCl3N4O. The summed E-state index contributed by atoms with van der Waals surface area (Å²) in [6.07, 6.45) is 0. The van der Waals surface area contributed by atoms with Crippen LogP contribution in [0.5, 0.6) is 11.8 Å². The summed E-state index contributed by atoms with van der Waals surface area (Å²) in [7, 11) is 0. The maximum absolute atomic E-state index is 6.06. The summed E-state index contributed by atoms with van der Waals surface area (Å²) in [5.74, 6) is 0.645. The molecule has 5 nitrogen and oxygen atoms in total. The van der Waals surface area contributed by atoms with Gasteiger partial charge in [0.15, 0.2) is 5.75 Å². The molecule has 9 heteroatoms. The third-order valence-corrected chi connectivity index (χ3v) is 3.76. The molecule has 2 aromatic rings. The van der Waals surface area contributed by atoms with E-state index >= 15 is 0 Å². The van der Waals surface area contributed by atoms with Crippen molar-refractivity contribution in [3.05, 3.63) is 31.9 Å². The van der Waals surface area contributed by atoms with Gasteiger partial charge in [0.2, 0.25) is 11.2 Å². The van der Waals surface area contributed by atoms with Crippen molar-refractivity contribution in [3.8, 4) is 11.8 Å². The van der Waals surface area contributed by atoms with E-state index in [-0.39, 0.29) is 11.3 Å². The van der Waals surface area contributed by atoms with Gasteiger partial charge in [-0.25, -0.2) is 0 Å². The summed E-state index contributed by atoms with van der Waals surface area (Å²) in [6, 6.07) is 3.20. The van der Waals surface area contributed by atoms with Crippen LogP contribution in [0.3, 0.4) is 0 Å². The van der Waals surface area contributed by atoms with Crippen LogP contribution in [0.4, 0.5) is 5.95 Å². The molecule has 0 atom stereocenters. The molecule has 106 valence electrons. The lowest BCUT2D eigenvalue weighted by molar-refractivity contribution is 0.440. The summed E-state index contributed by atoms with van der Waals surface area (Å²) >= 11 is 21.1. The molecule has 1 aromatic carbocycles. The largest absolute Gasteiger partial charge is 0.422 e. The fraction of sp³-hybridized carbons (Fsp3) is 0.182. The van der Waals surface area contributed by atoms with E-state index in [0.717, 1.165) is 0 Å². The highest BCUT2D eigenvalue weighted by molar-refractivity contribution is 9.10. The summed E-state index contributed by atoms with van der Waals surface area (Å²) in [5.41, 5.74) is 0. The van der Waals surface area contributed by atoms with Crippen LogP contribution in [0.1, 0.15) is 6.92 Å². The zero-order valence-corrected chi connectivity index (χ0v) is 14.0. The van der Waals surface area contributed by atoms with E-state index in [4.69, 9.17) is 39.5 Å². The molecule has 1 heterocycles. The Kier molecular flexibility index (Phi) is 5.26. The van der Waals surface area contributed by atoms with Crippen LogP contribution in [0.15, 0.2) is 16.6 Å². The topological polar surface area (TPSA) is 59.9 Å². The second kappa shape index (κ2) is 6.76. The molecule has 0 fully saturated rings. The maximum atomic E-state index is 6.06. The lowest BCUT2D eigenvalue weighted by Gasteiger charge is -2.08. The standard InChI is InChI=1S/C11H8BrCl3N4O/c1-2-16-10-17-9(15)18-11(19-10)20-8-4-6(13)5(12)3-7(8)14/h3-4H,2H2,1H3,(H,16,17,18,19). The van der Waals surface area contributed by atoms with E-state index in [1.165, 1.54) is 0 Å². The minimum absolute atomic E-state index is 0.0188. The van der Waals surface area contributed by atoms with Crippen molar-refractivity contribution < 1.29 is 4.74 Å². The van der Waals surface area contributed by atoms with Gasteiger partial charge in [0, 0.05) is 17.1 Å². The zero-order chi connectivity index (χ0) is 14.7. The van der Waals surface area contributed by atoms with Gasteiger partial charge in [0.1, 0.15) is 0 Å². The van der Waals surface area contributed by atoms with Crippen molar-refractivity contribution in [2.45, 2.75) is 6.92 Å². The molecule has 1 N–H and O–H groups in total. The monoisotopic (exact) mass is 396 g/mol. The van der Waals surface area contributed by atoms with E-state index in [2.05, 4.69) is 36.2 Å². The molecule has 20 heavy (non-hydrogen) atoms. The maximum Gasteiger partial charge on any atom is 0.328 e. The molecule has 0 spiro atoms. The van der Waals surface area contributed by atoms with Gasteiger partial charge in [-0.15, -0.1) is 0 Å². The van der Waals surface area contributed by atoms with Gasteiger partial charge in [-0.1, -0.05) is 23.2 Å². The van der Waals surface area contributed by atoms with Crippen LogP contribution in [-0.2, 0) is 0 Å². The van der Waals surface area contributed by atoms with E-state index < -0.39 is 0 Å². The Hall–Kier alpha value is -0.820. The third-order valence-electron chi connectivity index (χ3n) is 2.10. The first-order valence-electron chi connectivity index (χ1n) is 5.47. The number of benzene rings is 1. The van der Waals surface area contributed by atoms with Crippen molar-refractivity contribution in [1.29, 1.82) is 0 Å². The molecule has 0 aliphatic carbocycles. The average molecular weight is 398 g/mol. The van der Waals surface area contributed by atoms with Crippen molar-refractivity contribution in [3.63, 3.8) is 0 Å². The number of hydrogen-bond donors (Lipinski definition) is 1. The van der Waals surface area contributed by atoms with Gasteiger partial charge in [-0.3, -0.25) is 0 Å². The van der Waals surface area contributed by atoms with Crippen LogP contribution in [0.2, 0.25) is 15.3 Å². The number of halogens is 4. The first-order chi connectivity index (χ1) is 9.49. The van der Waals surface area contributed by atoms with Gasteiger partial charge >= 0.3 is 6.01 Å². The molecule has 0 saturated carbocycles. The third kappa shape index (κ3) is 3.85. The average Bonchev–Trinajstić information content (AvgIpc) is 2.35. The van der Waals surface area contributed by atoms with Crippen molar-refractivity contribution >= 4 is 56.7 Å². The van der Waals surface area contributed by atoms with Crippen molar-refractivity contribution in [1.82, 2.24) is 15.0 Å². The molecule has 2 rings (SSSR count). The lowest BCUT2D eigenvalue weighted by atomic mass is 10.3. The van der Waals surface area contributed by atoms with Gasteiger partial charge in [-0.2, -0.15) is 15.0 Å². The van der Waals surface area contributed by atoms with E-state index in [0.29, 0.717) is 32.8 Å². The van der Waals surface area contributed by atoms with Crippen molar-refractivity contribution in [2.24, 2.45) is 0 Å². The van der Waals surface area contributed by atoms with E-state index in [9.17, 15) is 0 Å². The quantitative estimate of drug-likeness (QED) is 0.749. The summed E-state index contributed by atoms with van der Waals surface area (Å²) in [5, 5.41) is 3.75. The number of aromatic nitrogens is 3. The zero-order valence-electron chi connectivity index (χ0n) is 10.1. The number of nitrogens with one attached hydrogen (secondary N) is 1. The Balaban J connectivity index is 2.32. The van der Waals surface area contributed by atoms with Crippen LogP contribution >= 0.6 is 50.7 Å². The predicted octanol–water partition coefficient (Wildman–Crippen LogP) is 4.82. The van der Waals surface area contributed by atoms with Crippen molar-refractivity contribution in [2.75, 3.05) is 11.9 Å². The Labute approximate surface area is 138 Å². The Morgan fingerprint density at radius 3 is 2.60 bits per heavy atom. The summed E-state index contributed by atoms with van der Waals surface area (Å²) in [6.45, 7) is 2.55. The predicted molar refractivity (Wildman–Crippen MR) is 83.2 cm³/mol. The smallest absolute Gasteiger partial charge is 0.328 e. The highest BCUT2D eigenvalue weighted by Gasteiger charge is 2.11. The van der Waals surface area contributed by atoms with Gasteiger partial charge in [-0.05, 0) is 40.5 Å². The van der Waals surface area contributed by atoms with Gasteiger partial charge < -0.3 is 10.1 Å². The van der Waals surface area contributed by atoms with E-state index in [1.807, 2.05) is 6.92 Å². The van der Waals surface area contributed by atoms with Crippen LogP contribution in [-0.4, -0.2) is 21.5 Å². The molecule has 0 unspecified atom stereocenters. The molecule has 0 amide bonds. The molecule has 0 bridgehead atoms. The Bertz CT molecular complexity index is 641. The molecule has 0 saturated heterocycles. The normalized spacial score (nSPS) is 10.4. The first kappa shape index (κ1) is 15.6.